The summed E-state index contributed by atoms with van der Waals surface area (Å²) >= 11 is 0. The van der Waals surface area contributed by atoms with Gasteiger partial charge in [0.2, 0.25) is 5.91 Å². The molecule has 144 valence electrons. The Morgan fingerprint density at radius 1 is 0.885 bits per heavy atom. The normalized spacial score (nSPS) is 31.4. The van der Waals surface area contributed by atoms with E-state index in [4.69, 9.17) is 5.11 Å². The molecule has 1 aromatic carbocycles. The maximum Gasteiger partial charge on any atom is 0.303 e. The third-order valence-corrected chi connectivity index (χ3v) is 4.28. The summed E-state index contributed by atoms with van der Waals surface area (Å²) in [4.78, 5) is 22.5. The highest BCUT2D eigenvalue weighted by atomic mass is 19.2. The van der Waals surface area contributed by atoms with E-state index in [0.717, 1.165) is 5.56 Å². The number of nitrogens with one attached hydrogen (secondary N) is 1. The first-order valence-corrected chi connectivity index (χ1v) is 8.04. The van der Waals surface area contributed by atoms with Crippen LogP contribution in [0.3, 0.4) is 0 Å². The summed E-state index contributed by atoms with van der Waals surface area (Å²) in [6.07, 6.45) is -13.5. The first-order chi connectivity index (χ1) is 12.2. The van der Waals surface area contributed by atoms with Gasteiger partial charge >= 0.3 is 5.97 Å². The molecule has 1 aromatic rings. The molecule has 0 aliphatic heterocycles. The third kappa shape index (κ3) is 4.50. The Hall–Kier alpha value is -2.19. The van der Waals surface area contributed by atoms with Crippen molar-refractivity contribution in [2.75, 3.05) is 5.32 Å². The SMILES string of the molecule is O=C(O)CCCc1ccc(NC(=O)C2C(F)C(F)C(F)C(F)C2F)cc1. The molecule has 4 unspecified atom stereocenters. The fourth-order valence-electron chi connectivity index (χ4n) is 2.81. The molecular weight excluding hydrogens is 361 g/mol. The third-order valence-electron chi connectivity index (χ3n) is 4.28. The van der Waals surface area contributed by atoms with Gasteiger partial charge in [-0.15, -0.1) is 0 Å². The molecule has 1 aliphatic rings. The summed E-state index contributed by atoms with van der Waals surface area (Å²) in [5.41, 5.74) is 0.922. The van der Waals surface area contributed by atoms with E-state index in [9.17, 15) is 31.5 Å². The van der Waals surface area contributed by atoms with E-state index in [1.807, 2.05) is 0 Å². The average Bonchev–Trinajstić information content (AvgIpc) is 2.59. The molecule has 1 aliphatic carbocycles. The fourth-order valence-corrected chi connectivity index (χ4v) is 2.81. The molecule has 0 radical (unpaired) electrons. The average molecular weight is 379 g/mol. The second kappa shape index (κ2) is 8.46. The van der Waals surface area contributed by atoms with Gasteiger partial charge in [0.1, 0.15) is 18.3 Å². The van der Waals surface area contributed by atoms with Gasteiger partial charge in [-0.3, -0.25) is 9.59 Å². The van der Waals surface area contributed by atoms with Crippen LogP contribution < -0.4 is 5.32 Å². The van der Waals surface area contributed by atoms with Crippen molar-refractivity contribution in [1.29, 1.82) is 0 Å². The molecule has 2 rings (SSSR count). The molecule has 0 spiro atoms. The Morgan fingerprint density at radius 3 is 1.88 bits per heavy atom. The van der Waals surface area contributed by atoms with E-state index in [1.54, 1.807) is 12.1 Å². The molecular formula is C17H18F5NO3. The van der Waals surface area contributed by atoms with Crippen LogP contribution in [-0.4, -0.2) is 47.8 Å². The number of benzene rings is 1. The Labute approximate surface area is 146 Å². The zero-order valence-electron chi connectivity index (χ0n) is 13.5. The number of alkyl halides is 5. The monoisotopic (exact) mass is 379 g/mol. The maximum atomic E-state index is 13.8. The van der Waals surface area contributed by atoms with Crippen LogP contribution in [0.2, 0.25) is 0 Å². The number of carbonyl (C=O) groups is 2. The number of aliphatic carboxylic acids is 1. The van der Waals surface area contributed by atoms with Crippen LogP contribution in [0.4, 0.5) is 27.6 Å². The van der Waals surface area contributed by atoms with Gasteiger partial charge in [0, 0.05) is 12.1 Å². The van der Waals surface area contributed by atoms with E-state index >= 15 is 0 Å². The van der Waals surface area contributed by atoms with E-state index in [2.05, 4.69) is 5.32 Å². The molecule has 1 amide bonds. The van der Waals surface area contributed by atoms with Crippen molar-refractivity contribution in [3.63, 3.8) is 0 Å². The van der Waals surface area contributed by atoms with Crippen molar-refractivity contribution >= 4 is 17.6 Å². The van der Waals surface area contributed by atoms with E-state index in [-0.39, 0.29) is 12.1 Å². The Bertz CT molecular complexity index is 626. The zero-order valence-corrected chi connectivity index (χ0v) is 13.5. The first kappa shape index (κ1) is 20.1. The summed E-state index contributed by atoms with van der Waals surface area (Å²) in [5.74, 6) is -4.49. The second-order valence-electron chi connectivity index (χ2n) is 6.18. The van der Waals surface area contributed by atoms with Crippen molar-refractivity contribution in [3.8, 4) is 0 Å². The summed E-state index contributed by atoms with van der Waals surface area (Å²) in [7, 11) is 0. The highest BCUT2D eigenvalue weighted by Gasteiger charge is 2.56. The van der Waals surface area contributed by atoms with Gasteiger partial charge in [-0.25, -0.2) is 22.0 Å². The standard InChI is InChI=1S/C17H18F5NO3/c18-12-11(13(19)15(21)16(22)14(12)20)17(26)23-9-6-4-8(5-7-9)2-1-3-10(24)25/h4-7,11-16H,1-3H2,(H,23,26)(H,24,25). The van der Waals surface area contributed by atoms with Crippen LogP contribution >= 0.6 is 0 Å². The van der Waals surface area contributed by atoms with Crippen molar-refractivity contribution in [3.05, 3.63) is 29.8 Å². The molecule has 9 heteroatoms. The molecule has 0 heterocycles. The Morgan fingerprint density at radius 2 is 1.38 bits per heavy atom. The molecule has 0 bridgehead atoms. The lowest BCUT2D eigenvalue weighted by Gasteiger charge is -2.35. The van der Waals surface area contributed by atoms with Gasteiger partial charge in [-0.05, 0) is 30.5 Å². The number of amides is 1. The smallest absolute Gasteiger partial charge is 0.303 e. The summed E-state index contributed by atoms with van der Waals surface area (Å²) in [5, 5.41) is 10.7. The molecule has 4 atom stereocenters. The Kier molecular flexibility index (Phi) is 6.55. The first-order valence-electron chi connectivity index (χ1n) is 8.04. The van der Waals surface area contributed by atoms with Crippen LogP contribution in [-0.2, 0) is 16.0 Å². The van der Waals surface area contributed by atoms with Gasteiger partial charge in [0.15, 0.2) is 18.5 Å². The number of anilines is 1. The summed E-state index contributed by atoms with van der Waals surface area (Å²) in [6, 6.07) is 5.97. The number of hydrogen-bond acceptors (Lipinski definition) is 2. The minimum Gasteiger partial charge on any atom is -0.481 e. The molecule has 1 saturated carbocycles. The number of aryl methyl sites for hydroxylation is 1. The predicted octanol–water partition coefficient (Wildman–Crippen LogP) is 3.35. The lowest BCUT2D eigenvalue weighted by molar-refractivity contribution is -0.138. The molecule has 4 nitrogen and oxygen atoms in total. The number of carbonyl (C=O) groups excluding carboxylic acids is 1. The van der Waals surface area contributed by atoms with Crippen LogP contribution in [0.5, 0.6) is 0 Å². The maximum absolute atomic E-state index is 13.8. The second-order valence-corrected chi connectivity index (χ2v) is 6.18. The van der Waals surface area contributed by atoms with Crippen molar-refractivity contribution < 1.29 is 36.6 Å². The van der Waals surface area contributed by atoms with E-state index in [1.165, 1.54) is 12.1 Å². The summed E-state index contributed by atoms with van der Waals surface area (Å²) in [6.45, 7) is 0. The van der Waals surface area contributed by atoms with Crippen molar-refractivity contribution in [2.45, 2.75) is 50.1 Å². The lowest BCUT2D eigenvalue weighted by Crippen LogP contribution is -2.56. The van der Waals surface area contributed by atoms with Crippen LogP contribution in [0.15, 0.2) is 24.3 Å². The Balaban J connectivity index is 1.99. The lowest BCUT2D eigenvalue weighted by atomic mass is 9.81. The summed E-state index contributed by atoms with van der Waals surface area (Å²) < 4.78 is 67.5. The highest BCUT2D eigenvalue weighted by Crippen LogP contribution is 2.36. The number of rotatable bonds is 6. The van der Waals surface area contributed by atoms with E-state index < -0.39 is 48.7 Å². The predicted molar refractivity (Wildman–Crippen MR) is 83.6 cm³/mol. The minimum atomic E-state index is -2.95. The zero-order chi connectivity index (χ0) is 19.4. The number of carboxylic acid groups (broad SMARTS) is 1. The van der Waals surface area contributed by atoms with Gasteiger partial charge in [-0.2, -0.15) is 0 Å². The fraction of sp³-hybridized carbons (Fsp3) is 0.529. The molecule has 0 aromatic heterocycles. The largest absolute Gasteiger partial charge is 0.481 e. The van der Waals surface area contributed by atoms with Gasteiger partial charge in [0.05, 0.1) is 0 Å². The van der Waals surface area contributed by atoms with Crippen LogP contribution in [0.25, 0.3) is 0 Å². The van der Waals surface area contributed by atoms with Crippen molar-refractivity contribution in [2.24, 2.45) is 5.92 Å². The van der Waals surface area contributed by atoms with Crippen LogP contribution in [0.1, 0.15) is 18.4 Å². The molecule has 2 N–H and O–H groups in total. The number of carboxylic acids is 1. The van der Waals surface area contributed by atoms with Gasteiger partial charge in [-0.1, -0.05) is 12.1 Å². The molecule has 26 heavy (non-hydrogen) atoms. The minimum absolute atomic E-state index is 0.000302. The number of halogens is 5. The van der Waals surface area contributed by atoms with Crippen LogP contribution in [0, 0.1) is 5.92 Å². The van der Waals surface area contributed by atoms with Gasteiger partial charge in [0.25, 0.3) is 0 Å². The van der Waals surface area contributed by atoms with E-state index in [0.29, 0.717) is 12.8 Å². The topological polar surface area (TPSA) is 66.4 Å². The molecule has 1 fully saturated rings. The quantitative estimate of drug-likeness (QED) is 0.745. The number of hydrogen-bond donors (Lipinski definition) is 2. The highest BCUT2D eigenvalue weighted by molar-refractivity contribution is 5.93. The molecule has 0 saturated heterocycles. The van der Waals surface area contributed by atoms with Gasteiger partial charge < -0.3 is 10.4 Å². The van der Waals surface area contributed by atoms with Crippen molar-refractivity contribution in [1.82, 2.24) is 0 Å².